The normalized spacial score (nSPS) is 10.8. The first kappa shape index (κ1) is 17.8. The minimum atomic E-state index is -0.289. The maximum absolute atomic E-state index is 13.7. The molecule has 0 unspecified atom stereocenters. The van der Waals surface area contributed by atoms with Crippen LogP contribution < -0.4 is 5.32 Å². The highest BCUT2D eigenvalue weighted by atomic mass is 79.9. The first-order valence-electron chi connectivity index (χ1n) is 6.66. The molecule has 3 aromatic rings. The average Bonchev–Trinajstić information content (AvgIpc) is 3.05. The van der Waals surface area contributed by atoms with E-state index in [1.165, 1.54) is 17.4 Å². The predicted octanol–water partition coefficient (Wildman–Crippen LogP) is 5.67. The number of amides is 1. The third kappa shape index (κ3) is 3.96. The van der Waals surface area contributed by atoms with Gasteiger partial charge in [0.25, 0.3) is 5.91 Å². The van der Waals surface area contributed by atoms with Gasteiger partial charge in [0.2, 0.25) is 0 Å². The van der Waals surface area contributed by atoms with Crippen molar-refractivity contribution in [3.05, 3.63) is 65.5 Å². The van der Waals surface area contributed by atoms with E-state index in [1.54, 1.807) is 35.1 Å². The standard InChI is InChI=1S/C15H9Br3FN3OS/c16-9-5-12(24-13(9)18)15(23)20-14-10(17)7-22(21-14)6-8-3-1-2-4-11(8)19/h1-5,7H,6H2,(H,20,21,23). The van der Waals surface area contributed by atoms with Crippen LogP contribution in [-0.4, -0.2) is 15.7 Å². The molecular weight excluding hydrogens is 529 g/mol. The summed E-state index contributed by atoms with van der Waals surface area (Å²) >= 11 is 11.4. The van der Waals surface area contributed by atoms with Crippen molar-refractivity contribution in [1.29, 1.82) is 0 Å². The smallest absolute Gasteiger partial charge is 0.267 e. The minimum absolute atomic E-state index is 0.261. The van der Waals surface area contributed by atoms with Gasteiger partial charge in [-0.2, -0.15) is 5.10 Å². The molecule has 0 atom stereocenters. The van der Waals surface area contributed by atoms with Gasteiger partial charge in [0.15, 0.2) is 5.82 Å². The lowest BCUT2D eigenvalue weighted by atomic mass is 10.2. The summed E-state index contributed by atoms with van der Waals surface area (Å²) in [6, 6.07) is 8.24. The Morgan fingerprint density at radius 2 is 2.00 bits per heavy atom. The molecule has 0 aliphatic carbocycles. The molecule has 24 heavy (non-hydrogen) atoms. The van der Waals surface area contributed by atoms with Gasteiger partial charge in [-0.1, -0.05) is 18.2 Å². The number of rotatable bonds is 4. The Bertz CT molecular complexity index is 890. The van der Waals surface area contributed by atoms with E-state index in [9.17, 15) is 9.18 Å². The summed E-state index contributed by atoms with van der Waals surface area (Å²) in [5.74, 6) is -0.164. The van der Waals surface area contributed by atoms with E-state index in [1.807, 2.05) is 0 Å². The summed E-state index contributed by atoms with van der Waals surface area (Å²) < 4.78 is 17.6. The van der Waals surface area contributed by atoms with Gasteiger partial charge in [-0.05, 0) is 59.9 Å². The van der Waals surface area contributed by atoms with Crippen LogP contribution in [0.4, 0.5) is 10.2 Å². The Kier molecular flexibility index (Phi) is 5.53. The molecule has 124 valence electrons. The van der Waals surface area contributed by atoms with Crippen molar-refractivity contribution >= 4 is 70.9 Å². The Balaban J connectivity index is 1.77. The average molecular weight is 538 g/mol. The van der Waals surface area contributed by atoms with Gasteiger partial charge in [-0.25, -0.2) is 4.39 Å². The molecule has 3 rings (SSSR count). The van der Waals surface area contributed by atoms with Crippen LogP contribution in [0.2, 0.25) is 0 Å². The number of hydrogen-bond donors (Lipinski definition) is 1. The lowest BCUT2D eigenvalue weighted by Crippen LogP contribution is -2.11. The Hall–Kier alpha value is -1.03. The number of thiophene rings is 1. The molecule has 4 nitrogen and oxygen atoms in total. The maximum Gasteiger partial charge on any atom is 0.267 e. The molecule has 2 heterocycles. The van der Waals surface area contributed by atoms with Crippen LogP contribution in [0.5, 0.6) is 0 Å². The molecule has 0 radical (unpaired) electrons. The summed E-state index contributed by atoms with van der Waals surface area (Å²) in [5, 5.41) is 7.04. The number of nitrogens with zero attached hydrogens (tertiary/aromatic N) is 2. The van der Waals surface area contributed by atoms with Gasteiger partial charge in [0.05, 0.1) is 19.7 Å². The molecule has 0 aliphatic heterocycles. The van der Waals surface area contributed by atoms with Crippen LogP contribution in [0.3, 0.4) is 0 Å². The number of hydrogen-bond acceptors (Lipinski definition) is 3. The fourth-order valence-corrected chi connectivity index (χ4v) is 4.34. The van der Waals surface area contributed by atoms with Crippen molar-refractivity contribution in [2.75, 3.05) is 5.32 Å². The Morgan fingerprint density at radius 1 is 1.25 bits per heavy atom. The van der Waals surface area contributed by atoms with Crippen molar-refractivity contribution in [3.63, 3.8) is 0 Å². The maximum atomic E-state index is 13.7. The summed E-state index contributed by atoms with van der Waals surface area (Å²) in [6.45, 7) is 0.275. The zero-order valence-corrected chi connectivity index (χ0v) is 17.5. The van der Waals surface area contributed by atoms with E-state index in [0.717, 1.165) is 8.26 Å². The summed E-state index contributed by atoms with van der Waals surface area (Å²) in [4.78, 5) is 12.8. The quantitative estimate of drug-likeness (QED) is 0.466. The van der Waals surface area contributed by atoms with Crippen molar-refractivity contribution < 1.29 is 9.18 Å². The Labute approximate surface area is 166 Å². The highest BCUT2D eigenvalue weighted by Gasteiger charge is 2.16. The molecule has 0 aliphatic rings. The molecule has 0 saturated heterocycles. The van der Waals surface area contributed by atoms with E-state index in [0.29, 0.717) is 20.7 Å². The van der Waals surface area contributed by atoms with E-state index >= 15 is 0 Å². The number of nitrogens with one attached hydrogen (secondary N) is 1. The molecule has 9 heteroatoms. The third-order valence-corrected chi connectivity index (χ3v) is 6.94. The van der Waals surface area contributed by atoms with Crippen molar-refractivity contribution in [2.45, 2.75) is 6.54 Å². The van der Waals surface area contributed by atoms with E-state index in [-0.39, 0.29) is 18.3 Å². The number of anilines is 1. The molecular formula is C15H9Br3FN3OS. The second-order valence-electron chi connectivity index (χ2n) is 4.80. The first-order valence-corrected chi connectivity index (χ1v) is 9.86. The van der Waals surface area contributed by atoms with Crippen molar-refractivity contribution in [2.24, 2.45) is 0 Å². The number of carbonyl (C=O) groups is 1. The summed E-state index contributed by atoms with van der Waals surface area (Å²) in [6.07, 6.45) is 1.70. The fraction of sp³-hybridized carbons (Fsp3) is 0.0667. The molecule has 1 N–H and O–H groups in total. The van der Waals surface area contributed by atoms with E-state index in [2.05, 4.69) is 58.2 Å². The van der Waals surface area contributed by atoms with Crippen LogP contribution >= 0.6 is 59.1 Å². The molecule has 2 aromatic heterocycles. The highest BCUT2D eigenvalue weighted by molar-refractivity contribution is 9.13. The largest absolute Gasteiger partial charge is 0.303 e. The fourth-order valence-electron chi connectivity index (χ4n) is 1.99. The lowest BCUT2D eigenvalue weighted by molar-refractivity contribution is 0.103. The summed E-state index contributed by atoms with van der Waals surface area (Å²) in [7, 11) is 0. The molecule has 0 saturated carbocycles. The van der Waals surface area contributed by atoms with Crippen molar-refractivity contribution in [1.82, 2.24) is 9.78 Å². The minimum Gasteiger partial charge on any atom is -0.303 e. The van der Waals surface area contributed by atoms with Gasteiger partial charge in [-0.3, -0.25) is 9.48 Å². The van der Waals surface area contributed by atoms with Crippen LogP contribution in [0.15, 0.2) is 49.3 Å². The molecule has 0 spiro atoms. The highest BCUT2D eigenvalue weighted by Crippen LogP contribution is 2.33. The number of benzene rings is 1. The number of carbonyl (C=O) groups excluding carboxylic acids is 1. The van der Waals surface area contributed by atoms with Gasteiger partial charge in [0, 0.05) is 16.2 Å². The van der Waals surface area contributed by atoms with E-state index in [4.69, 9.17) is 0 Å². The van der Waals surface area contributed by atoms with Crippen LogP contribution in [0, 0.1) is 5.82 Å². The SMILES string of the molecule is O=C(Nc1nn(Cc2ccccc2F)cc1Br)c1cc(Br)c(Br)s1. The number of halogens is 4. The van der Waals surface area contributed by atoms with Crippen molar-refractivity contribution in [3.8, 4) is 0 Å². The monoisotopic (exact) mass is 535 g/mol. The lowest BCUT2D eigenvalue weighted by Gasteiger charge is -2.03. The van der Waals surface area contributed by atoms with Gasteiger partial charge in [-0.15, -0.1) is 11.3 Å². The zero-order valence-electron chi connectivity index (χ0n) is 11.9. The molecule has 1 amide bonds. The zero-order chi connectivity index (χ0) is 17.3. The predicted molar refractivity (Wildman–Crippen MR) is 103 cm³/mol. The van der Waals surface area contributed by atoms with Crippen LogP contribution in [0.25, 0.3) is 0 Å². The Morgan fingerprint density at radius 3 is 2.67 bits per heavy atom. The first-order chi connectivity index (χ1) is 11.4. The van der Waals surface area contributed by atoms with Gasteiger partial charge >= 0.3 is 0 Å². The topological polar surface area (TPSA) is 46.9 Å². The van der Waals surface area contributed by atoms with Crippen LogP contribution in [-0.2, 0) is 6.54 Å². The second-order valence-corrected chi connectivity index (χ2v) is 8.88. The second kappa shape index (κ2) is 7.47. The molecule has 1 aromatic carbocycles. The van der Waals surface area contributed by atoms with E-state index < -0.39 is 0 Å². The third-order valence-electron chi connectivity index (χ3n) is 3.11. The summed E-state index contributed by atoms with van der Waals surface area (Å²) in [5.41, 5.74) is 0.525. The molecule has 0 bridgehead atoms. The van der Waals surface area contributed by atoms with Gasteiger partial charge in [0.1, 0.15) is 5.82 Å². The van der Waals surface area contributed by atoms with Gasteiger partial charge < -0.3 is 5.32 Å². The van der Waals surface area contributed by atoms with Crippen LogP contribution in [0.1, 0.15) is 15.2 Å². The molecule has 0 fully saturated rings. The number of aromatic nitrogens is 2.